The minimum Gasteiger partial charge on any atom is -0.295 e. The average Bonchev–Trinajstić information content (AvgIpc) is 2.38. The van der Waals surface area contributed by atoms with Gasteiger partial charge in [-0.05, 0) is 42.8 Å². The molecule has 0 spiro atoms. The van der Waals surface area contributed by atoms with Gasteiger partial charge in [-0.1, -0.05) is 12.1 Å². The van der Waals surface area contributed by atoms with Crippen molar-refractivity contribution in [2.45, 2.75) is 13.1 Å². The standard InChI is InChI=1S/C15H10F4O/c1-9(20)11-4-7-14(16)13(8-11)10-2-5-12(6-3-10)15(17,18)19/h2-8H,1H3. The van der Waals surface area contributed by atoms with Crippen LogP contribution in [0, 0.1) is 5.82 Å². The SMILES string of the molecule is CC(=O)c1ccc(F)c(-c2ccc(C(F)(F)F)cc2)c1. The summed E-state index contributed by atoms with van der Waals surface area (Å²) in [6.45, 7) is 1.34. The Labute approximate surface area is 112 Å². The second-order valence-corrected chi connectivity index (χ2v) is 4.33. The van der Waals surface area contributed by atoms with E-state index in [-0.39, 0.29) is 11.3 Å². The Morgan fingerprint density at radius 3 is 2.10 bits per heavy atom. The third-order valence-corrected chi connectivity index (χ3v) is 2.90. The summed E-state index contributed by atoms with van der Waals surface area (Å²) in [7, 11) is 0. The zero-order valence-corrected chi connectivity index (χ0v) is 10.5. The van der Waals surface area contributed by atoms with Gasteiger partial charge in [0.15, 0.2) is 5.78 Å². The van der Waals surface area contributed by atoms with Gasteiger partial charge in [-0.25, -0.2) is 4.39 Å². The Morgan fingerprint density at radius 2 is 1.60 bits per heavy atom. The van der Waals surface area contributed by atoms with Crippen molar-refractivity contribution in [1.82, 2.24) is 0 Å². The van der Waals surface area contributed by atoms with Gasteiger partial charge in [0, 0.05) is 11.1 Å². The van der Waals surface area contributed by atoms with Gasteiger partial charge in [-0.2, -0.15) is 13.2 Å². The summed E-state index contributed by atoms with van der Waals surface area (Å²) < 4.78 is 51.1. The number of ketones is 1. The smallest absolute Gasteiger partial charge is 0.295 e. The third kappa shape index (κ3) is 2.87. The summed E-state index contributed by atoms with van der Waals surface area (Å²) >= 11 is 0. The van der Waals surface area contributed by atoms with Gasteiger partial charge in [0.2, 0.25) is 0 Å². The zero-order chi connectivity index (χ0) is 14.9. The first-order valence-electron chi connectivity index (χ1n) is 5.77. The first-order valence-corrected chi connectivity index (χ1v) is 5.77. The highest BCUT2D eigenvalue weighted by Crippen LogP contribution is 2.31. The first-order chi connectivity index (χ1) is 9.29. The van der Waals surface area contributed by atoms with Gasteiger partial charge in [0.1, 0.15) is 5.82 Å². The number of carbonyl (C=O) groups excluding carboxylic acids is 1. The van der Waals surface area contributed by atoms with Gasteiger partial charge in [0.05, 0.1) is 5.56 Å². The van der Waals surface area contributed by atoms with E-state index in [1.165, 1.54) is 31.2 Å². The molecule has 20 heavy (non-hydrogen) atoms. The van der Waals surface area contributed by atoms with Crippen molar-refractivity contribution >= 4 is 5.78 Å². The molecule has 0 fully saturated rings. The van der Waals surface area contributed by atoms with E-state index in [2.05, 4.69) is 0 Å². The predicted molar refractivity (Wildman–Crippen MR) is 66.8 cm³/mol. The Morgan fingerprint density at radius 1 is 1.00 bits per heavy atom. The summed E-state index contributed by atoms with van der Waals surface area (Å²) in [6, 6.07) is 7.94. The fourth-order valence-electron chi connectivity index (χ4n) is 1.80. The molecule has 0 radical (unpaired) electrons. The van der Waals surface area contributed by atoms with Crippen molar-refractivity contribution in [1.29, 1.82) is 0 Å². The van der Waals surface area contributed by atoms with Crippen LogP contribution in [0.15, 0.2) is 42.5 Å². The molecule has 0 amide bonds. The fraction of sp³-hybridized carbons (Fsp3) is 0.133. The lowest BCUT2D eigenvalue weighted by Gasteiger charge is -2.09. The summed E-state index contributed by atoms with van der Waals surface area (Å²) in [5.74, 6) is -0.826. The van der Waals surface area contributed by atoms with E-state index in [1.807, 2.05) is 0 Å². The number of Topliss-reactive ketones (excluding diaryl/α,β-unsaturated/α-hetero) is 1. The number of carbonyl (C=O) groups is 1. The van der Waals surface area contributed by atoms with E-state index >= 15 is 0 Å². The van der Waals surface area contributed by atoms with E-state index in [0.717, 1.165) is 18.2 Å². The highest BCUT2D eigenvalue weighted by molar-refractivity contribution is 5.95. The van der Waals surface area contributed by atoms with Crippen LogP contribution < -0.4 is 0 Å². The predicted octanol–water partition coefficient (Wildman–Crippen LogP) is 4.71. The zero-order valence-electron chi connectivity index (χ0n) is 10.5. The monoisotopic (exact) mass is 282 g/mol. The van der Waals surface area contributed by atoms with E-state index in [9.17, 15) is 22.4 Å². The number of hydrogen-bond acceptors (Lipinski definition) is 1. The van der Waals surface area contributed by atoms with Gasteiger partial charge < -0.3 is 0 Å². The van der Waals surface area contributed by atoms with E-state index in [0.29, 0.717) is 11.1 Å². The van der Waals surface area contributed by atoms with Gasteiger partial charge in [-0.15, -0.1) is 0 Å². The van der Waals surface area contributed by atoms with Gasteiger partial charge in [-0.3, -0.25) is 4.79 Å². The Kier molecular flexibility index (Phi) is 3.61. The largest absolute Gasteiger partial charge is 0.416 e. The van der Waals surface area contributed by atoms with Crippen LogP contribution in [-0.4, -0.2) is 5.78 Å². The number of benzene rings is 2. The molecule has 2 aromatic carbocycles. The van der Waals surface area contributed by atoms with Crippen LogP contribution in [0.25, 0.3) is 11.1 Å². The minimum atomic E-state index is -4.43. The number of rotatable bonds is 2. The number of halogens is 4. The van der Waals surface area contributed by atoms with Gasteiger partial charge >= 0.3 is 6.18 Å². The van der Waals surface area contributed by atoms with E-state index < -0.39 is 17.6 Å². The Bertz CT molecular complexity index is 642. The average molecular weight is 282 g/mol. The summed E-state index contributed by atoms with van der Waals surface area (Å²) in [6.07, 6.45) is -4.43. The van der Waals surface area contributed by atoms with Crippen molar-refractivity contribution < 1.29 is 22.4 Å². The van der Waals surface area contributed by atoms with Crippen LogP contribution in [0.3, 0.4) is 0 Å². The molecule has 0 bridgehead atoms. The highest BCUT2D eigenvalue weighted by Gasteiger charge is 2.30. The molecule has 0 saturated carbocycles. The molecule has 2 rings (SSSR count). The first kappa shape index (κ1) is 14.2. The lowest BCUT2D eigenvalue weighted by Crippen LogP contribution is -2.04. The van der Waals surface area contributed by atoms with Crippen molar-refractivity contribution in [2.75, 3.05) is 0 Å². The minimum absolute atomic E-state index is 0.103. The summed E-state index contributed by atoms with van der Waals surface area (Å²) in [4.78, 5) is 11.3. The van der Waals surface area contributed by atoms with E-state index in [1.54, 1.807) is 0 Å². The second-order valence-electron chi connectivity index (χ2n) is 4.33. The quantitative estimate of drug-likeness (QED) is 0.575. The van der Waals surface area contributed by atoms with Crippen LogP contribution in [-0.2, 0) is 6.18 Å². The molecule has 0 aromatic heterocycles. The summed E-state index contributed by atoms with van der Waals surface area (Å²) in [5.41, 5.74) is -0.101. The molecule has 1 nitrogen and oxygen atoms in total. The molecule has 0 aliphatic heterocycles. The van der Waals surface area contributed by atoms with Crippen LogP contribution in [0.5, 0.6) is 0 Å². The molecule has 0 atom stereocenters. The molecule has 104 valence electrons. The maximum absolute atomic E-state index is 13.7. The Balaban J connectivity index is 2.46. The highest BCUT2D eigenvalue weighted by atomic mass is 19.4. The third-order valence-electron chi connectivity index (χ3n) is 2.90. The molecule has 0 saturated heterocycles. The lowest BCUT2D eigenvalue weighted by molar-refractivity contribution is -0.137. The molecule has 0 aliphatic carbocycles. The lowest BCUT2D eigenvalue weighted by atomic mass is 10.00. The molecule has 2 aromatic rings. The molecule has 5 heteroatoms. The maximum Gasteiger partial charge on any atom is 0.416 e. The maximum atomic E-state index is 13.7. The molecule has 0 N–H and O–H groups in total. The van der Waals surface area contributed by atoms with Crippen molar-refractivity contribution in [3.8, 4) is 11.1 Å². The van der Waals surface area contributed by atoms with Crippen LogP contribution in [0.1, 0.15) is 22.8 Å². The second kappa shape index (κ2) is 5.07. The Hall–Kier alpha value is -2.17. The molecular weight excluding hydrogens is 272 g/mol. The van der Waals surface area contributed by atoms with Crippen LogP contribution in [0.2, 0.25) is 0 Å². The van der Waals surface area contributed by atoms with Crippen molar-refractivity contribution in [2.24, 2.45) is 0 Å². The molecule has 0 heterocycles. The number of hydrogen-bond donors (Lipinski definition) is 0. The van der Waals surface area contributed by atoms with E-state index in [4.69, 9.17) is 0 Å². The van der Waals surface area contributed by atoms with Crippen LogP contribution in [0.4, 0.5) is 17.6 Å². The van der Waals surface area contributed by atoms with Crippen molar-refractivity contribution in [3.05, 3.63) is 59.4 Å². The normalized spacial score (nSPS) is 11.4. The topological polar surface area (TPSA) is 17.1 Å². The van der Waals surface area contributed by atoms with Crippen molar-refractivity contribution in [3.63, 3.8) is 0 Å². The molecular formula is C15H10F4O. The number of alkyl halides is 3. The molecule has 0 aliphatic rings. The van der Waals surface area contributed by atoms with Gasteiger partial charge in [0.25, 0.3) is 0 Å². The van der Waals surface area contributed by atoms with Crippen LogP contribution >= 0.6 is 0 Å². The summed E-state index contributed by atoms with van der Waals surface area (Å²) in [5, 5.41) is 0. The fourth-order valence-corrected chi connectivity index (χ4v) is 1.80. The molecule has 0 unspecified atom stereocenters.